The van der Waals surface area contributed by atoms with Crippen LogP contribution in [0.1, 0.15) is 25.0 Å². The van der Waals surface area contributed by atoms with Crippen molar-refractivity contribution in [2.75, 3.05) is 13.1 Å². The zero-order valence-corrected chi connectivity index (χ0v) is 12.1. The molecule has 1 aromatic carbocycles. The van der Waals surface area contributed by atoms with Crippen LogP contribution in [0, 0.1) is 0 Å². The van der Waals surface area contributed by atoms with Gasteiger partial charge in [0.1, 0.15) is 4.32 Å². The number of nitrogens with zero attached hydrogens (tertiary/aromatic N) is 1. The molecule has 0 spiro atoms. The molecule has 0 saturated carbocycles. The van der Waals surface area contributed by atoms with Gasteiger partial charge in [-0.05, 0) is 25.0 Å². The van der Waals surface area contributed by atoms with Gasteiger partial charge in [-0.25, -0.2) is 0 Å². The van der Waals surface area contributed by atoms with Gasteiger partial charge in [-0.1, -0.05) is 60.9 Å². The van der Waals surface area contributed by atoms with Crippen LogP contribution in [-0.2, 0) is 5.75 Å². The first kappa shape index (κ1) is 14.3. The number of rotatable bonds is 5. The normalized spacial score (nSPS) is 10.0. The Morgan fingerprint density at radius 3 is 2.59 bits per heavy atom. The third-order valence-electron chi connectivity index (χ3n) is 2.65. The van der Waals surface area contributed by atoms with E-state index in [1.54, 1.807) is 11.8 Å². The lowest BCUT2D eigenvalue weighted by Crippen LogP contribution is -2.26. The van der Waals surface area contributed by atoms with Crippen LogP contribution in [0.5, 0.6) is 0 Å². The lowest BCUT2D eigenvalue weighted by molar-refractivity contribution is 0.482. The molecule has 17 heavy (non-hydrogen) atoms. The molecule has 1 aromatic rings. The highest BCUT2D eigenvalue weighted by molar-refractivity contribution is 8.22. The molecule has 0 amide bonds. The molecule has 0 unspecified atom stereocenters. The second-order valence-electron chi connectivity index (χ2n) is 3.63. The van der Waals surface area contributed by atoms with Gasteiger partial charge < -0.3 is 4.90 Å². The Labute approximate surface area is 114 Å². The minimum atomic E-state index is 0.914. The molecule has 0 bridgehead atoms. The van der Waals surface area contributed by atoms with Crippen LogP contribution < -0.4 is 0 Å². The zero-order valence-electron chi connectivity index (χ0n) is 10.5. The first-order chi connectivity index (χ1) is 8.22. The van der Waals surface area contributed by atoms with E-state index in [4.69, 9.17) is 12.2 Å². The van der Waals surface area contributed by atoms with E-state index < -0.39 is 0 Å². The van der Waals surface area contributed by atoms with E-state index in [0.29, 0.717) is 0 Å². The third kappa shape index (κ3) is 4.17. The smallest absolute Gasteiger partial charge is 0.136 e. The van der Waals surface area contributed by atoms with Crippen LogP contribution in [0.4, 0.5) is 0 Å². The summed E-state index contributed by atoms with van der Waals surface area (Å²) in [6.07, 6.45) is 1.90. The molecule has 0 aromatic heterocycles. The van der Waals surface area contributed by atoms with Crippen LogP contribution >= 0.6 is 24.0 Å². The minimum absolute atomic E-state index is 0.914. The predicted octanol–water partition coefficient (Wildman–Crippen LogP) is 4.19. The quantitative estimate of drug-likeness (QED) is 0.735. The van der Waals surface area contributed by atoms with Gasteiger partial charge >= 0.3 is 0 Å². The Bertz CT molecular complexity index is 384. The average Bonchev–Trinajstić information content (AvgIpc) is 2.38. The summed E-state index contributed by atoms with van der Waals surface area (Å²) in [7, 11) is 0. The summed E-state index contributed by atoms with van der Waals surface area (Å²) < 4.78 is 0.980. The summed E-state index contributed by atoms with van der Waals surface area (Å²) in [4.78, 5) is 2.20. The predicted molar refractivity (Wildman–Crippen MR) is 83.3 cm³/mol. The Morgan fingerprint density at radius 1 is 1.35 bits per heavy atom. The van der Waals surface area contributed by atoms with Crippen molar-refractivity contribution < 1.29 is 0 Å². The van der Waals surface area contributed by atoms with E-state index >= 15 is 0 Å². The van der Waals surface area contributed by atoms with Crippen LogP contribution in [-0.4, -0.2) is 22.3 Å². The molecule has 0 radical (unpaired) electrons. The van der Waals surface area contributed by atoms with E-state index in [0.717, 1.165) is 23.2 Å². The van der Waals surface area contributed by atoms with Gasteiger partial charge in [0.05, 0.1) is 0 Å². The van der Waals surface area contributed by atoms with E-state index in [1.807, 2.05) is 12.1 Å². The molecule has 0 saturated heterocycles. The molecule has 0 heterocycles. The fourth-order valence-electron chi connectivity index (χ4n) is 1.58. The maximum absolute atomic E-state index is 5.42. The lowest BCUT2D eigenvalue weighted by Gasteiger charge is -2.21. The largest absolute Gasteiger partial charge is 0.358 e. The topological polar surface area (TPSA) is 3.24 Å². The average molecular weight is 265 g/mol. The fourth-order valence-corrected chi connectivity index (χ4v) is 2.99. The molecule has 0 atom stereocenters. The lowest BCUT2D eigenvalue weighted by atomic mass is 10.1. The van der Waals surface area contributed by atoms with Crippen molar-refractivity contribution in [1.82, 2.24) is 4.90 Å². The van der Waals surface area contributed by atoms with E-state index in [-0.39, 0.29) is 0 Å². The zero-order chi connectivity index (χ0) is 12.7. The first-order valence-electron chi connectivity index (χ1n) is 5.85. The summed E-state index contributed by atoms with van der Waals surface area (Å²) in [5.74, 6) is 0.914. The van der Waals surface area contributed by atoms with Crippen molar-refractivity contribution in [3.8, 4) is 0 Å². The Morgan fingerprint density at radius 2 is 2.00 bits per heavy atom. The van der Waals surface area contributed by atoms with E-state index in [1.165, 1.54) is 11.1 Å². The van der Waals surface area contributed by atoms with Crippen molar-refractivity contribution in [2.24, 2.45) is 0 Å². The van der Waals surface area contributed by atoms with Crippen molar-refractivity contribution in [1.29, 1.82) is 0 Å². The first-order valence-corrected chi connectivity index (χ1v) is 7.24. The number of hydrogen-bond acceptors (Lipinski definition) is 2. The van der Waals surface area contributed by atoms with Crippen LogP contribution in [0.15, 0.2) is 30.8 Å². The number of thiocarbonyl (C=S) groups is 1. The van der Waals surface area contributed by atoms with Crippen LogP contribution in [0.25, 0.3) is 6.08 Å². The Hall–Kier alpha value is -0.800. The Balaban J connectivity index is 2.61. The maximum atomic E-state index is 5.42. The molecule has 3 heteroatoms. The van der Waals surface area contributed by atoms with Gasteiger partial charge in [0.25, 0.3) is 0 Å². The van der Waals surface area contributed by atoms with Gasteiger partial charge in [0.15, 0.2) is 0 Å². The van der Waals surface area contributed by atoms with Crippen LogP contribution in [0.2, 0.25) is 0 Å². The van der Waals surface area contributed by atoms with Crippen molar-refractivity contribution in [3.05, 3.63) is 42.0 Å². The van der Waals surface area contributed by atoms with Gasteiger partial charge in [-0.3, -0.25) is 0 Å². The molecular formula is C14H19NS2. The molecule has 92 valence electrons. The minimum Gasteiger partial charge on any atom is -0.358 e. The molecule has 0 aliphatic carbocycles. The van der Waals surface area contributed by atoms with Gasteiger partial charge in [-0.2, -0.15) is 0 Å². The maximum Gasteiger partial charge on any atom is 0.136 e. The van der Waals surface area contributed by atoms with Crippen LogP contribution in [0.3, 0.4) is 0 Å². The number of benzene rings is 1. The molecule has 1 rings (SSSR count). The molecule has 0 fully saturated rings. The van der Waals surface area contributed by atoms with E-state index in [9.17, 15) is 0 Å². The standard InChI is InChI=1S/C14H19NS2/c1-4-12-9-7-8-10-13(12)11-17-14(16)15(5-2)6-3/h4,7-10H,1,5-6,11H2,2-3H3. The molecule has 1 nitrogen and oxygen atoms in total. The van der Waals surface area contributed by atoms with E-state index in [2.05, 4.69) is 43.5 Å². The summed E-state index contributed by atoms with van der Waals surface area (Å²) in [6, 6.07) is 8.31. The van der Waals surface area contributed by atoms with Gasteiger partial charge in [0, 0.05) is 18.8 Å². The third-order valence-corrected chi connectivity index (χ3v) is 4.22. The molecular weight excluding hydrogens is 246 g/mol. The Kier molecular flexibility index (Phi) is 6.30. The summed E-state index contributed by atoms with van der Waals surface area (Å²) in [5.41, 5.74) is 2.49. The highest BCUT2D eigenvalue weighted by atomic mass is 32.2. The second kappa shape index (κ2) is 7.51. The molecule has 0 N–H and O–H groups in total. The van der Waals surface area contributed by atoms with Crippen molar-refractivity contribution in [2.45, 2.75) is 19.6 Å². The molecule has 0 aliphatic rings. The molecule has 0 aliphatic heterocycles. The number of hydrogen-bond donors (Lipinski definition) is 0. The summed E-state index contributed by atoms with van der Waals surface area (Å²) in [6.45, 7) is 10.1. The highest BCUT2D eigenvalue weighted by Crippen LogP contribution is 2.20. The van der Waals surface area contributed by atoms with Crippen molar-refractivity contribution >= 4 is 34.4 Å². The monoisotopic (exact) mass is 265 g/mol. The van der Waals surface area contributed by atoms with Gasteiger partial charge in [0.2, 0.25) is 0 Å². The van der Waals surface area contributed by atoms with Gasteiger partial charge in [-0.15, -0.1) is 0 Å². The second-order valence-corrected chi connectivity index (χ2v) is 5.24. The SMILES string of the molecule is C=Cc1ccccc1CSC(=S)N(CC)CC. The highest BCUT2D eigenvalue weighted by Gasteiger charge is 2.07. The fraction of sp³-hybridized carbons (Fsp3) is 0.357. The summed E-state index contributed by atoms with van der Waals surface area (Å²) >= 11 is 7.14. The van der Waals surface area contributed by atoms with Crippen molar-refractivity contribution in [3.63, 3.8) is 0 Å². The summed E-state index contributed by atoms with van der Waals surface area (Å²) in [5, 5.41) is 0. The number of thioether (sulfide) groups is 1.